The number of tetrazole rings is 1. The van der Waals surface area contributed by atoms with Gasteiger partial charge in [0.25, 0.3) is 0 Å². The van der Waals surface area contributed by atoms with Gasteiger partial charge < -0.3 is 10.0 Å². The predicted molar refractivity (Wildman–Crippen MR) is 99.9 cm³/mol. The number of phenols is 1. The fourth-order valence-electron chi connectivity index (χ4n) is 3.34. The van der Waals surface area contributed by atoms with Gasteiger partial charge in [-0.3, -0.25) is 4.79 Å². The van der Waals surface area contributed by atoms with Crippen molar-refractivity contribution < 1.29 is 9.90 Å². The quantitative estimate of drug-likeness (QED) is 0.748. The lowest BCUT2D eigenvalue weighted by molar-refractivity contribution is -0.134. The summed E-state index contributed by atoms with van der Waals surface area (Å²) in [5.41, 5.74) is 1.20. The van der Waals surface area contributed by atoms with E-state index in [0.717, 1.165) is 37.4 Å². The van der Waals surface area contributed by atoms with E-state index in [9.17, 15) is 9.90 Å². The number of hydrogen-bond acceptors (Lipinski definition) is 6. The summed E-state index contributed by atoms with van der Waals surface area (Å²) in [7, 11) is 1.80. The number of aromatic nitrogens is 4. The van der Waals surface area contributed by atoms with Crippen LogP contribution < -0.4 is 0 Å². The van der Waals surface area contributed by atoms with Crippen molar-refractivity contribution in [2.75, 3.05) is 12.3 Å². The van der Waals surface area contributed by atoms with Gasteiger partial charge in [-0.15, -0.1) is 5.10 Å². The number of rotatable bonds is 7. The summed E-state index contributed by atoms with van der Waals surface area (Å²) in [6.07, 6.45) is 5.74. The first kappa shape index (κ1) is 18.7. The summed E-state index contributed by atoms with van der Waals surface area (Å²) < 4.78 is 1.62. The molecule has 1 atom stereocenters. The molecule has 1 N–H and O–H groups in total. The van der Waals surface area contributed by atoms with Crippen LogP contribution in [0.3, 0.4) is 0 Å². The Morgan fingerprint density at radius 1 is 1.31 bits per heavy atom. The standard InChI is InChI=1S/C18H25N5O2S/c1-22-18(19-20-21-22)26-13-11-17(25)23-12-3-2-4-15(23)8-5-14-6-9-16(24)10-7-14/h6-7,9-10,15,24H,2-5,8,11-13H2,1H3/t15-/m0/s1. The third-order valence-corrected chi connectivity index (χ3v) is 5.79. The number of benzene rings is 1. The van der Waals surface area contributed by atoms with Crippen LogP contribution in [0.25, 0.3) is 0 Å². The molecule has 0 unspecified atom stereocenters. The maximum absolute atomic E-state index is 12.7. The van der Waals surface area contributed by atoms with Crippen molar-refractivity contribution in [1.29, 1.82) is 0 Å². The van der Waals surface area contributed by atoms with Crippen LogP contribution in [0, 0.1) is 0 Å². The summed E-state index contributed by atoms with van der Waals surface area (Å²) in [5, 5.41) is 21.5. The third kappa shape index (κ3) is 4.97. The molecule has 1 saturated heterocycles. The molecule has 1 fully saturated rings. The molecular weight excluding hydrogens is 350 g/mol. The minimum absolute atomic E-state index is 0.225. The van der Waals surface area contributed by atoms with Crippen molar-refractivity contribution in [3.63, 3.8) is 0 Å². The number of nitrogens with zero attached hydrogens (tertiary/aromatic N) is 5. The van der Waals surface area contributed by atoms with Gasteiger partial charge in [-0.1, -0.05) is 23.9 Å². The number of phenolic OH excluding ortho intramolecular Hbond substituents is 1. The van der Waals surface area contributed by atoms with Crippen molar-refractivity contribution in [1.82, 2.24) is 25.1 Å². The van der Waals surface area contributed by atoms with Gasteiger partial charge in [0, 0.05) is 31.8 Å². The van der Waals surface area contributed by atoms with Gasteiger partial charge in [-0.25, -0.2) is 4.68 Å². The Hall–Kier alpha value is -2.09. The first-order chi connectivity index (χ1) is 12.6. The zero-order valence-electron chi connectivity index (χ0n) is 15.0. The molecule has 1 amide bonds. The van der Waals surface area contributed by atoms with Crippen molar-refractivity contribution >= 4 is 17.7 Å². The lowest BCUT2D eigenvalue weighted by atomic mass is 9.95. The van der Waals surface area contributed by atoms with Crippen LogP contribution in [0.15, 0.2) is 29.4 Å². The molecule has 8 heteroatoms. The summed E-state index contributed by atoms with van der Waals surface area (Å²) >= 11 is 1.51. The van der Waals surface area contributed by atoms with Crippen LogP contribution >= 0.6 is 11.8 Å². The van der Waals surface area contributed by atoms with Gasteiger partial charge in [-0.05, 0) is 60.2 Å². The monoisotopic (exact) mass is 375 g/mol. The number of piperidine rings is 1. The number of aromatic hydroxyl groups is 1. The normalized spacial score (nSPS) is 17.4. The van der Waals surface area contributed by atoms with Crippen molar-refractivity contribution in [2.45, 2.75) is 49.7 Å². The van der Waals surface area contributed by atoms with Gasteiger partial charge in [0.15, 0.2) is 0 Å². The number of carbonyl (C=O) groups excluding carboxylic acids is 1. The minimum atomic E-state index is 0.225. The minimum Gasteiger partial charge on any atom is -0.508 e. The molecule has 2 aromatic rings. The Balaban J connectivity index is 1.49. The number of amides is 1. The molecule has 26 heavy (non-hydrogen) atoms. The Labute approximate surface area is 157 Å². The van der Waals surface area contributed by atoms with E-state index in [1.54, 1.807) is 23.9 Å². The summed E-state index contributed by atoms with van der Waals surface area (Å²) in [5.74, 6) is 1.20. The second kappa shape index (κ2) is 9.02. The Morgan fingerprint density at radius 3 is 2.85 bits per heavy atom. The smallest absolute Gasteiger partial charge is 0.223 e. The predicted octanol–water partition coefficient (Wildman–Crippen LogP) is 2.41. The van der Waals surface area contributed by atoms with Crippen LogP contribution in [-0.4, -0.2) is 54.5 Å². The highest BCUT2D eigenvalue weighted by molar-refractivity contribution is 7.99. The first-order valence-electron chi connectivity index (χ1n) is 9.06. The number of carbonyl (C=O) groups is 1. The third-order valence-electron chi connectivity index (χ3n) is 4.78. The van der Waals surface area contributed by atoms with E-state index in [-0.39, 0.29) is 5.91 Å². The maximum atomic E-state index is 12.7. The number of aryl methyl sites for hydroxylation is 2. The first-order valence-corrected chi connectivity index (χ1v) is 10.0. The molecule has 2 heterocycles. The summed E-state index contributed by atoms with van der Waals surface area (Å²) in [6.45, 7) is 0.856. The van der Waals surface area contributed by atoms with Crippen LogP contribution in [0.1, 0.15) is 37.7 Å². The van der Waals surface area contributed by atoms with Gasteiger partial charge >= 0.3 is 0 Å². The van der Waals surface area contributed by atoms with E-state index in [0.29, 0.717) is 24.0 Å². The number of hydrogen-bond donors (Lipinski definition) is 1. The van der Waals surface area contributed by atoms with E-state index >= 15 is 0 Å². The molecule has 1 aliphatic heterocycles. The van der Waals surface area contributed by atoms with E-state index < -0.39 is 0 Å². The van der Waals surface area contributed by atoms with Gasteiger partial charge in [-0.2, -0.15) is 0 Å². The highest BCUT2D eigenvalue weighted by atomic mass is 32.2. The Bertz CT molecular complexity index is 719. The van der Waals surface area contributed by atoms with Crippen LogP contribution in [0.2, 0.25) is 0 Å². The molecule has 3 rings (SSSR count). The largest absolute Gasteiger partial charge is 0.508 e. The summed E-state index contributed by atoms with van der Waals surface area (Å²) in [4.78, 5) is 14.8. The SMILES string of the molecule is Cn1nnnc1SCCC(=O)N1CCCC[C@H]1CCc1ccc(O)cc1. The molecule has 7 nitrogen and oxygen atoms in total. The van der Waals surface area contributed by atoms with Gasteiger partial charge in [0.2, 0.25) is 11.1 Å². The van der Waals surface area contributed by atoms with E-state index in [1.165, 1.54) is 23.7 Å². The van der Waals surface area contributed by atoms with Crippen LogP contribution in [-0.2, 0) is 18.3 Å². The fraction of sp³-hybridized carbons (Fsp3) is 0.556. The molecular formula is C18H25N5O2S. The maximum Gasteiger partial charge on any atom is 0.223 e. The fourth-order valence-corrected chi connectivity index (χ4v) is 4.12. The van der Waals surface area contributed by atoms with Crippen LogP contribution in [0.5, 0.6) is 5.75 Å². The molecule has 0 aliphatic carbocycles. The lowest BCUT2D eigenvalue weighted by Crippen LogP contribution is -2.44. The molecule has 0 bridgehead atoms. The highest BCUT2D eigenvalue weighted by Gasteiger charge is 2.26. The molecule has 1 aliphatic rings. The zero-order chi connectivity index (χ0) is 18.4. The lowest BCUT2D eigenvalue weighted by Gasteiger charge is -2.36. The van der Waals surface area contributed by atoms with Crippen LogP contribution in [0.4, 0.5) is 0 Å². The second-order valence-electron chi connectivity index (χ2n) is 6.63. The van der Waals surface area contributed by atoms with E-state index in [4.69, 9.17) is 0 Å². The number of likely N-dealkylation sites (tertiary alicyclic amines) is 1. The average Bonchev–Trinajstić information content (AvgIpc) is 3.06. The molecule has 1 aromatic heterocycles. The molecule has 0 radical (unpaired) electrons. The average molecular weight is 375 g/mol. The second-order valence-corrected chi connectivity index (χ2v) is 7.69. The van der Waals surface area contributed by atoms with Crippen molar-refractivity contribution in [3.05, 3.63) is 29.8 Å². The molecule has 140 valence electrons. The zero-order valence-corrected chi connectivity index (χ0v) is 15.9. The highest BCUT2D eigenvalue weighted by Crippen LogP contribution is 2.24. The van der Waals surface area contributed by atoms with Crippen molar-refractivity contribution in [3.8, 4) is 5.75 Å². The number of thioether (sulfide) groups is 1. The van der Waals surface area contributed by atoms with E-state index in [2.05, 4.69) is 20.4 Å². The Kier molecular flexibility index (Phi) is 6.49. The van der Waals surface area contributed by atoms with Crippen molar-refractivity contribution in [2.24, 2.45) is 7.05 Å². The van der Waals surface area contributed by atoms with Gasteiger partial charge in [0.1, 0.15) is 5.75 Å². The summed E-state index contributed by atoms with van der Waals surface area (Å²) in [6, 6.07) is 7.66. The van der Waals surface area contributed by atoms with Gasteiger partial charge in [0.05, 0.1) is 0 Å². The molecule has 1 aromatic carbocycles. The topological polar surface area (TPSA) is 84.1 Å². The Morgan fingerprint density at radius 2 is 2.12 bits per heavy atom. The molecule has 0 spiro atoms. The van der Waals surface area contributed by atoms with E-state index in [1.807, 2.05) is 12.1 Å². The molecule has 0 saturated carbocycles.